The van der Waals surface area contributed by atoms with Crippen molar-refractivity contribution in [2.45, 2.75) is 425 Å². The van der Waals surface area contributed by atoms with Gasteiger partial charge >= 0.3 is 0 Å². The Kier molecular flexibility index (Phi) is 67.6. The number of rotatable bonds is 84. The zero-order valence-electron chi connectivity index (χ0n) is 74.3. The van der Waals surface area contributed by atoms with Gasteiger partial charge in [-0.25, -0.2) is 0 Å². The largest absolute Gasteiger partial charge is 0.328 e. The lowest BCUT2D eigenvalue weighted by molar-refractivity contribution is -0.890. The van der Waals surface area contributed by atoms with Gasteiger partial charge in [-0.3, -0.25) is 0 Å². The van der Waals surface area contributed by atoms with Gasteiger partial charge in [-0.1, -0.05) is 245 Å². The minimum atomic E-state index is 1.23. The van der Waals surface area contributed by atoms with Crippen LogP contribution in [-0.2, 0) is 0 Å². The van der Waals surface area contributed by atoms with Gasteiger partial charge in [0.05, 0.1) is 190 Å². The molecule has 0 bridgehead atoms. The summed E-state index contributed by atoms with van der Waals surface area (Å²) in [5.74, 6) is 0. The van der Waals surface area contributed by atoms with E-state index >= 15 is 0 Å². The Hall–Kier alpha value is -0.280. The van der Waals surface area contributed by atoms with Crippen LogP contribution in [0, 0.1) is 0 Å². The van der Waals surface area contributed by atoms with Gasteiger partial charge in [0, 0.05) is 0 Å². The lowest BCUT2D eigenvalue weighted by Gasteiger charge is -2.30. The SMILES string of the molecule is CCCCCCCCCC[N+](C)(C)CCCCCCCCCC[N+](C)(C)CCCCCCCCCC[N+](C)(C)CCCCCCCCCC[N+](C)(C)CCCCCCCCCC[N+](C)(C)CCCCCCCCCC[N+](C)(C)CCCCCCCCCC[N+](C)(C)CCCCCCCCCC. The first-order chi connectivity index (χ1) is 48.4. The summed E-state index contributed by atoms with van der Waals surface area (Å²) in [4.78, 5) is 0. The smallest absolute Gasteiger partial charge is 0.0782 e. The van der Waals surface area contributed by atoms with Crippen LogP contribution in [-0.4, -0.2) is 222 Å². The first-order valence-corrected chi connectivity index (χ1v) is 47.1. The first-order valence-electron chi connectivity index (χ1n) is 47.1. The highest BCUT2D eigenvalue weighted by molar-refractivity contribution is 4.57. The van der Waals surface area contributed by atoms with Gasteiger partial charge in [0.1, 0.15) is 0 Å². The van der Waals surface area contributed by atoms with Crippen molar-refractivity contribution in [3.05, 3.63) is 0 Å². The molecule has 0 fully saturated rings. The number of unbranched alkanes of at least 4 members (excludes halogenated alkanes) is 56. The molecule has 0 N–H and O–H groups in total. The van der Waals surface area contributed by atoms with Crippen molar-refractivity contribution in [1.82, 2.24) is 0 Å². The molecule has 0 amide bonds. The van der Waals surface area contributed by atoms with Crippen LogP contribution >= 0.6 is 0 Å². The predicted molar refractivity (Wildman–Crippen MR) is 460 cm³/mol. The van der Waals surface area contributed by atoms with Crippen LogP contribution in [0.2, 0.25) is 0 Å². The topological polar surface area (TPSA) is 0 Å². The van der Waals surface area contributed by atoms with E-state index < -0.39 is 0 Å². The molecule has 0 radical (unpaired) electrons. The summed E-state index contributed by atoms with van der Waals surface area (Å²) >= 11 is 0. The summed E-state index contributed by atoms with van der Waals surface area (Å²) < 4.78 is 8.64. The van der Waals surface area contributed by atoms with Crippen molar-refractivity contribution in [2.75, 3.05) is 190 Å². The Labute approximate surface area is 642 Å². The predicted octanol–water partition coefficient (Wildman–Crippen LogP) is 26.5. The van der Waals surface area contributed by atoms with Crippen LogP contribution in [0.5, 0.6) is 0 Å². The van der Waals surface area contributed by atoms with Crippen LogP contribution in [0.15, 0.2) is 0 Å². The van der Waals surface area contributed by atoms with Crippen molar-refractivity contribution in [1.29, 1.82) is 0 Å². The molecule has 7 nitrogen and oxygen atoms in total. The average molecular weight is 1430 g/mol. The zero-order chi connectivity index (χ0) is 74.7. The second-order valence-electron chi connectivity index (χ2n) is 39.6. The molecule has 101 heavy (non-hydrogen) atoms. The molecule has 0 saturated heterocycles. The molecule has 0 saturated carbocycles. The second-order valence-corrected chi connectivity index (χ2v) is 39.6. The first kappa shape index (κ1) is 101. The minimum absolute atomic E-state index is 1.23. The molecule has 0 rings (SSSR count). The molecule has 0 spiro atoms. The monoisotopic (exact) mass is 1430 g/mol. The molecule has 0 atom stereocenters. The molecule has 0 aromatic carbocycles. The van der Waals surface area contributed by atoms with E-state index in [1.807, 2.05) is 0 Å². The summed E-state index contributed by atoms with van der Waals surface area (Å²) in [5.41, 5.74) is 0. The maximum absolute atomic E-state index is 2.50. The minimum Gasteiger partial charge on any atom is -0.328 e. The summed E-state index contributed by atoms with van der Waals surface area (Å²) in [7, 11) is 34.8. The van der Waals surface area contributed by atoms with E-state index in [1.54, 1.807) is 0 Å². The van der Waals surface area contributed by atoms with Gasteiger partial charge in [-0.05, 0) is 180 Å². The van der Waals surface area contributed by atoms with Crippen LogP contribution in [0.25, 0.3) is 0 Å². The van der Waals surface area contributed by atoms with E-state index in [2.05, 4.69) is 113 Å². The maximum atomic E-state index is 2.50. The summed E-state index contributed by atoms with van der Waals surface area (Å²) in [6.45, 7) is 23.9. The molecule has 0 aliphatic heterocycles. The fourth-order valence-corrected chi connectivity index (χ4v) is 17.0. The van der Waals surface area contributed by atoms with E-state index in [4.69, 9.17) is 0 Å². The molecule has 0 unspecified atom stereocenters. The molecule has 0 aliphatic carbocycles. The number of hydrogen-bond donors (Lipinski definition) is 0. The van der Waals surface area contributed by atoms with Gasteiger partial charge in [-0.2, -0.15) is 0 Å². The van der Waals surface area contributed by atoms with Crippen LogP contribution in [0.4, 0.5) is 0 Å². The van der Waals surface area contributed by atoms with Crippen LogP contribution < -0.4 is 0 Å². The Morgan fingerprint density at radius 1 is 0.0891 bits per heavy atom. The summed E-state index contributed by atoms with van der Waals surface area (Å²) in [6, 6.07) is 0. The van der Waals surface area contributed by atoms with Gasteiger partial charge in [0.2, 0.25) is 0 Å². The third-order valence-corrected chi connectivity index (χ3v) is 24.9. The molecule has 7 heteroatoms. The number of quaternary nitrogens is 7. The Balaban J connectivity index is 3.62. The van der Waals surface area contributed by atoms with E-state index in [0.717, 1.165) is 0 Å². The number of nitrogens with zero attached hydrogens (tertiary/aromatic N) is 7. The quantitative estimate of drug-likeness (QED) is 0.0421. The van der Waals surface area contributed by atoms with Crippen LogP contribution in [0.3, 0.4) is 0 Å². The molecular formula is C94H204N7+7. The van der Waals surface area contributed by atoms with E-state index in [0.29, 0.717) is 0 Å². The van der Waals surface area contributed by atoms with Crippen molar-refractivity contribution in [3.63, 3.8) is 0 Å². The fourth-order valence-electron chi connectivity index (χ4n) is 17.0. The van der Waals surface area contributed by atoms with Crippen molar-refractivity contribution < 1.29 is 31.4 Å². The lowest BCUT2D eigenvalue weighted by atomic mass is 10.1. The van der Waals surface area contributed by atoms with Gasteiger partial charge in [0.25, 0.3) is 0 Å². The summed E-state index contributed by atoms with van der Waals surface area (Å²) in [6.07, 6.45) is 92.2. The highest BCUT2D eigenvalue weighted by Crippen LogP contribution is 2.21. The van der Waals surface area contributed by atoms with E-state index in [1.165, 1.54) is 534 Å². The fraction of sp³-hybridized carbons (Fsp3) is 1.00. The standard InChI is InChI=1S/C94H204N7/c1-17-19-21-23-25-39-53-67-81-95(3,4)83-69-55-41-27-29-43-57-71-85-97(7,8)87-73-59-45-31-33-47-61-75-89-99(11,12)91-77-63-49-35-37-51-65-79-93-101(15,16)94-80-66-52-38-36-50-64-78-92-100(13,14)90-76-62-48-34-32-46-60-74-88-98(9,10)86-72-58-44-30-28-42-56-70-84-96(5,6)82-68-54-40-26-24-22-20-18-2/h17-94H2,1-16H3/q+7. The highest BCUT2D eigenvalue weighted by atomic mass is 15.3. The van der Waals surface area contributed by atoms with Gasteiger partial charge in [-0.15, -0.1) is 0 Å². The Bertz CT molecular complexity index is 1550. The number of hydrogen-bond acceptors (Lipinski definition) is 0. The van der Waals surface area contributed by atoms with Gasteiger partial charge < -0.3 is 31.4 Å². The van der Waals surface area contributed by atoms with Crippen molar-refractivity contribution in [3.8, 4) is 0 Å². The molecule has 0 aliphatic rings. The van der Waals surface area contributed by atoms with E-state index in [-0.39, 0.29) is 0 Å². The molecule has 0 aromatic rings. The third-order valence-electron chi connectivity index (χ3n) is 24.9. The Morgan fingerprint density at radius 2 is 0.149 bits per heavy atom. The lowest BCUT2D eigenvalue weighted by Crippen LogP contribution is -2.41. The summed E-state index contributed by atoms with van der Waals surface area (Å²) in [5, 5.41) is 0. The third kappa shape index (κ3) is 76.3. The zero-order valence-corrected chi connectivity index (χ0v) is 74.3. The maximum Gasteiger partial charge on any atom is 0.0782 e. The van der Waals surface area contributed by atoms with Crippen LogP contribution in [0.1, 0.15) is 425 Å². The average Bonchev–Trinajstić information content (AvgIpc) is 1.36. The van der Waals surface area contributed by atoms with E-state index in [9.17, 15) is 0 Å². The Morgan fingerprint density at radius 3 is 0.218 bits per heavy atom. The second kappa shape index (κ2) is 67.8. The normalized spacial score (nSPS) is 13.1. The van der Waals surface area contributed by atoms with Crippen molar-refractivity contribution >= 4 is 0 Å². The molecule has 608 valence electrons. The van der Waals surface area contributed by atoms with Gasteiger partial charge in [0.15, 0.2) is 0 Å². The highest BCUT2D eigenvalue weighted by Gasteiger charge is 2.20. The molecular weight excluding hydrogens is 1230 g/mol. The molecule has 0 heterocycles. The van der Waals surface area contributed by atoms with Crippen molar-refractivity contribution in [2.24, 2.45) is 0 Å². The molecule has 0 aromatic heterocycles.